The molecule has 1 amide bonds. The van der Waals surface area contributed by atoms with Crippen LogP contribution in [0.2, 0.25) is 0 Å². The van der Waals surface area contributed by atoms with E-state index in [9.17, 15) is 4.79 Å². The summed E-state index contributed by atoms with van der Waals surface area (Å²) in [4.78, 5) is 13.6. The summed E-state index contributed by atoms with van der Waals surface area (Å²) >= 11 is 3.53. The number of para-hydroxylation sites is 1. The van der Waals surface area contributed by atoms with Gasteiger partial charge in [0.1, 0.15) is 12.4 Å². The van der Waals surface area contributed by atoms with Crippen LogP contribution in [-0.2, 0) is 11.3 Å². The van der Waals surface area contributed by atoms with Crippen LogP contribution in [0.1, 0.15) is 18.4 Å². The van der Waals surface area contributed by atoms with Gasteiger partial charge in [0.15, 0.2) is 0 Å². The van der Waals surface area contributed by atoms with E-state index < -0.39 is 0 Å². The van der Waals surface area contributed by atoms with E-state index in [-0.39, 0.29) is 5.91 Å². The van der Waals surface area contributed by atoms with Crippen molar-refractivity contribution in [2.75, 3.05) is 19.7 Å². The number of fused-ring (bicyclic) bond motifs is 1. The average molecular weight is 325 g/mol. The number of hydrogen-bond donors (Lipinski definition) is 1. The molecular weight excluding hydrogens is 308 g/mol. The van der Waals surface area contributed by atoms with Crippen LogP contribution >= 0.6 is 15.9 Å². The fourth-order valence-electron chi connectivity index (χ4n) is 2.72. The van der Waals surface area contributed by atoms with Crippen molar-refractivity contribution >= 4 is 21.8 Å². The molecule has 1 aromatic rings. The Morgan fingerprint density at radius 1 is 1.47 bits per heavy atom. The second-order valence-electron chi connectivity index (χ2n) is 5.11. The first kappa shape index (κ1) is 12.9. The summed E-state index contributed by atoms with van der Waals surface area (Å²) in [5.41, 5.74) is 1.20. The highest BCUT2D eigenvalue weighted by atomic mass is 79.9. The van der Waals surface area contributed by atoms with Gasteiger partial charge in [-0.15, -0.1) is 0 Å². The molecule has 1 saturated heterocycles. The van der Waals surface area contributed by atoms with Gasteiger partial charge in [-0.1, -0.05) is 12.1 Å². The Labute approximate surface area is 121 Å². The molecule has 2 aliphatic heterocycles. The lowest BCUT2D eigenvalue weighted by Crippen LogP contribution is -2.39. The Morgan fingerprint density at radius 2 is 2.37 bits per heavy atom. The second-order valence-corrected chi connectivity index (χ2v) is 5.97. The largest absolute Gasteiger partial charge is 0.491 e. The van der Waals surface area contributed by atoms with Crippen LogP contribution in [0.15, 0.2) is 22.7 Å². The molecular formula is C14H17BrN2O2. The zero-order valence-corrected chi connectivity index (χ0v) is 12.3. The molecule has 3 rings (SSSR count). The van der Waals surface area contributed by atoms with Gasteiger partial charge in [0.2, 0.25) is 5.91 Å². The molecule has 0 saturated carbocycles. The molecule has 0 bridgehead atoms. The van der Waals surface area contributed by atoms with Crippen molar-refractivity contribution in [3.05, 3.63) is 28.2 Å². The van der Waals surface area contributed by atoms with Gasteiger partial charge >= 0.3 is 0 Å². The first-order valence-electron chi connectivity index (χ1n) is 6.64. The van der Waals surface area contributed by atoms with Crippen molar-refractivity contribution in [2.45, 2.75) is 25.4 Å². The summed E-state index contributed by atoms with van der Waals surface area (Å²) in [6, 6.07) is 6.44. The molecule has 0 radical (unpaired) electrons. The summed E-state index contributed by atoms with van der Waals surface area (Å²) in [5.74, 6) is 1.14. The highest BCUT2D eigenvalue weighted by Crippen LogP contribution is 2.31. The minimum atomic E-state index is 0.180. The fraction of sp³-hybridized carbons (Fsp3) is 0.500. The number of nitrogens with zero attached hydrogens (tertiary/aromatic N) is 1. The molecule has 1 fully saturated rings. The minimum absolute atomic E-state index is 0.180. The Bertz CT molecular complexity index is 492. The van der Waals surface area contributed by atoms with Gasteiger partial charge in [0.25, 0.3) is 0 Å². The summed E-state index contributed by atoms with van der Waals surface area (Å²) in [6.45, 7) is 3.37. The molecule has 2 aliphatic rings. The molecule has 19 heavy (non-hydrogen) atoms. The van der Waals surface area contributed by atoms with Crippen molar-refractivity contribution in [3.63, 3.8) is 0 Å². The highest BCUT2D eigenvalue weighted by Gasteiger charge is 2.25. The van der Waals surface area contributed by atoms with E-state index in [0.717, 1.165) is 36.3 Å². The quantitative estimate of drug-likeness (QED) is 0.903. The lowest BCUT2D eigenvalue weighted by atomic mass is 10.1. The van der Waals surface area contributed by atoms with Crippen LogP contribution in [0.3, 0.4) is 0 Å². The van der Waals surface area contributed by atoms with Crippen LogP contribution in [-0.4, -0.2) is 36.5 Å². The maximum Gasteiger partial charge on any atom is 0.220 e. The number of hydrogen-bond acceptors (Lipinski definition) is 3. The van der Waals surface area contributed by atoms with Crippen molar-refractivity contribution in [1.82, 2.24) is 10.2 Å². The second kappa shape index (κ2) is 5.51. The van der Waals surface area contributed by atoms with Crippen molar-refractivity contribution in [2.24, 2.45) is 0 Å². The predicted molar refractivity (Wildman–Crippen MR) is 76.1 cm³/mol. The lowest BCUT2D eigenvalue weighted by Gasteiger charge is -2.23. The molecule has 102 valence electrons. The van der Waals surface area contributed by atoms with Crippen LogP contribution in [0.25, 0.3) is 0 Å². The van der Waals surface area contributed by atoms with E-state index in [1.165, 1.54) is 5.56 Å². The first-order valence-corrected chi connectivity index (χ1v) is 7.43. The Morgan fingerprint density at radius 3 is 3.16 bits per heavy atom. The first-order chi connectivity index (χ1) is 9.22. The number of rotatable bonds is 2. The molecule has 1 aromatic carbocycles. The summed E-state index contributed by atoms with van der Waals surface area (Å²) < 4.78 is 6.83. The Balaban J connectivity index is 1.70. The zero-order chi connectivity index (χ0) is 13.2. The fourth-order valence-corrected chi connectivity index (χ4v) is 3.24. The van der Waals surface area contributed by atoms with Gasteiger partial charge in [-0.2, -0.15) is 0 Å². The van der Waals surface area contributed by atoms with E-state index in [0.29, 0.717) is 19.1 Å². The summed E-state index contributed by atoms with van der Waals surface area (Å²) in [7, 11) is 0. The number of carbonyl (C=O) groups excluding carboxylic acids is 1. The molecule has 0 unspecified atom stereocenters. The number of nitrogens with one attached hydrogen (secondary N) is 1. The molecule has 0 aromatic heterocycles. The third-order valence-electron chi connectivity index (χ3n) is 3.66. The number of amides is 1. The third-order valence-corrected chi connectivity index (χ3v) is 4.28. The molecule has 5 heteroatoms. The lowest BCUT2D eigenvalue weighted by molar-refractivity contribution is -0.119. The van der Waals surface area contributed by atoms with Crippen LogP contribution < -0.4 is 10.1 Å². The van der Waals surface area contributed by atoms with E-state index in [2.05, 4.69) is 32.2 Å². The predicted octanol–water partition coefficient (Wildman–Crippen LogP) is 1.92. The average Bonchev–Trinajstić information content (AvgIpc) is 2.67. The van der Waals surface area contributed by atoms with E-state index in [1.807, 2.05) is 12.1 Å². The SMILES string of the molecule is O=C1CC[C@@H](CN2CCOc3c(Br)cccc3C2)N1. The van der Waals surface area contributed by atoms with Gasteiger partial charge in [0, 0.05) is 37.7 Å². The van der Waals surface area contributed by atoms with Gasteiger partial charge < -0.3 is 10.1 Å². The maximum absolute atomic E-state index is 11.2. The van der Waals surface area contributed by atoms with Gasteiger partial charge in [-0.3, -0.25) is 9.69 Å². The molecule has 0 aliphatic carbocycles. The van der Waals surface area contributed by atoms with E-state index in [4.69, 9.17) is 4.74 Å². The summed E-state index contributed by atoms with van der Waals surface area (Å²) in [6.07, 6.45) is 1.61. The zero-order valence-electron chi connectivity index (χ0n) is 10.7. The van der Waals surface area contributed by atoms with Crippen LogP contribution in [0.4, 0.5) is 0 Å². The highest BCUT2D eigenvalue weighted by molar-refractivity contribution is 9.10. The molecule has 0 spiro atoms. The molecule has 4 nitrogen and oxygen atoms in total. The minimum Gasteiger partial charge on any atom is -0.491 e. The smallest absolute Gasteiger partial charge is 0.220 e. The number of benzene rings is 1. The number of ether oxygens (including phenoxy) is 1. The van der Waals surface area contributed by atoms with Gasteiger partial charge in [0.05, 0.1) is 4.47 Å². The third kappa shape index (κ3) is 2.92. The van der Waals surface area contributed by atoms with E-state index in [1.54, 1.807) is 0 Å². The monoisotopic (exact) mass is 324 g/mol. The normalized spacial score (nSPS) is 23.4. The van der Waals surface area contributed by atoms with Gasteiger partial charge in [-0.25, -0.2) is 0 Å². The van der Waals surface area contributed by atoms with Crippen molar-refractivity contribution < 1.29 is 9.53 Å². The molecule has 1 atom stereocenters. The maximum atomic E-state index is 11.2. The summed E-state index contributed by atoms with van der Waals surface area (Å²) in [5, 5.41) is 3.03. The van der Waals surface area contributed by atoms with Crippen LogP contribution in [0.5, 0.6) is 5.75 Å². The molecule has 1 N–H and O–H groups in total. The van der Waals surface area contributed by atoms with Crippen molar-refractivity contribution in [1.29, 1.82) is 0 Å². The van der Waals surface area contributed by atoms with Crippen LogP contribution in [0, 0.1) is 0 Å². The van der Waals surface area contributed by atoms with Crippen molar-refractivity contribution in [3.8, 4) is 5.75 Å². The number of halogens is 1. The Hall–Kier alpha value is -1.07. The molecule has 2 heterocycles. The van der Waals surface area contributed by atoms with Gasteiger partial charge in [-0.05, 0) is 28.4 Å². The Kier molecular flexibility index (Phi) is 3.75. The number of carbonyl (C=O) groups is 1. The van der Waals surface area contributed by atoms with E-state index >= 15 is 0 Å². The standard InChI is InChI=1S/C14H17BrN2O2/c15-12-3-1-2-10-8-17(6-7-19-14(10)12)9-11-4-5-13(18)16-11/h1-3,11H,4-9H2,(H,16,18)/t11-/m0/s1. The topological polar surface area (TPSA) is 41.6 Å².